The molecular formula is C11H21NO4. The van der Waals surface area contributed by atoms with E-state index in [2.05, 4.69) is 5.32 Å². The fourth-order valence-electron chi connectivity index (χ4n) is 1.70. The summed E-state index contributed by atoms with van der Waals surface area (Å²) in [5.74, 6) is 0.0161. The first-order chi connectivity index (χ1) is 7.77. The maximum absolute atomic E-state index is 11.6. The van der Waals surface area contributed by atoms with Gasteiger partial charge in [0.1, 0.15) is 6.10 Å². The van der Waals surface area contributed by atoms with Crippen molar-refractivity contribution in [1.29, 1.82) is 0 Å². The SMILES string of the molecule is CCOCCC(=O)N[C@@H]1CCOC[C@H]1OC. The van der Waals surface area contributed by atoms with Gasteiger partial charge in [0.15, 0.2) is 0 Å². The predicted molar refractivity (Wildman–Crippen MR) is 59.3 cm³/mol. The number of hydrogen-bond donors (Lipinski definition) is 1. The summed E-state index contributed by atoms with van der Waals surface area (Å²) in [7, 11) is 1.64. The van der Waals surface area contributed by atoms with E-state index < -0.39 is 0 Å². The van der Waals surface area contributed by atoms with Gasteiger partial charge in [-0.2, -0.15) is 0 Å². The standard InChI is InChI=1S/C11H21NO4/c1-3-15-7-5-11(13)12-9-4-6-16-8-10(9)14-2/h9-10H,3-8H2,1-2H3,(H,12,13)/t9-,10-/m1/s1. The molecule has 1 saturated heterocycles. The van der Waals surface area contributed by atoms with Crippen molar-refractivity contribution in [3.63, 3.8) is 0 Å². The van der Waals surface area contributed by atoms with Crippen LogP contribution >= 0.6 is 0 Å². The Balaban J connectivity index is 2.25. The van der Waals surface area contributed by atoms with E-state index in [0.29, 0.717) is 32.8 Å². The van der Waals surface area contributed by atoms with Crippen LogP contribution in [0.5, 0.6) is 0 Å². The first-order valence-corrected chi connectivity index (χ1v) is 5.75. The number of carbonyl (C=O) groups is 1. The molecule has 94 valence electrons. The van der Waals surface area contributed by atoms with Gasteiger partial charge in [0.2, 0.25) is 5.91 Å². The molecule has 2 atom stereocenters. The summed E-state index contributed by atoms with van der Waals surface area (Å²) in [5.41, 5.74) is 0. The molecule has 0 saturated carbocycles. The van der Waals surface area contributed by atoms with Gasteiger partial charge >= 0.3 is 0 Å². The van der Waals surface area contributed by atoms with Gasteiger partial charge in [0.05, 0.1) is 19.3 Å². The lowest BCUT2D eigenvalue weighted by molar-refractivity contribution is -0.126. The van der Waals surface area contributed by atoms with Crippen molar-refractivity contribution in [2.45, 2.75) is 31.9 Å². The van der Waals surface area contributed by atoms with Crippen molar-refractivity contribution in [3.05, 3.63) is 0 Å². The lowest BCUT2D eigenvalue weighted by Crippen LogP contribution is -2.49. The van der Waals surface area contributed by atoms with E-state index in [-0.39, 0.29) is 18.1 Å². The first kappa shape index (κ1) is 13.4. The summed E-state index contributed by atoms with van der Waals surface area (Å²) in [6.45, 7) is 4.26. The third kappa shape index (κ3) is 4.47. The number of nitrogens with one attached hydrogen (secondary N) is 1. The van der Waals surface area contributed by atoms with Crippen molar-refractivity contribution in [1.82, 2.24) is 5.32 Å². The van der Waals surface area contributed by atoms with Gasteiger partial charge in [-0.3, -0.25) is 4.79 Å². The topological polar surface area (TPSA) is 56.8 Å². The molecule has 0 aromatic carbocycles. The van der Waals surface area contributed by atoms with Crippen molar-refractivity contribution in [2.75, 3.05) is 33.5 Å². The maximum Gasteiger partial charge on any atom is 0.222 e. The molecular weight excluding hydrogens is 210 g/mol. The highest BCUT2D eigenvalue weighted by atomic mass is 16.5. The van der Waals surface area contributed by atoms with Crippen LogP contribution in [0.1, 0.15) is 19.8 Å². The third-order valence-electron chi connectivity index (χ3n) is 2.63. The Hall–Kier alpha value is -0.650. The molecule has 0 aromatic heterocycles. The minimum Gasteiger partial charge on any atom is -0.381 e. The van der Waals surface area contributed by atoms with Crippen LogP contribution < -0.4 is 5.32 Å². The molecule has 16 heavy (non-hydrogen) atoms. The summed E-state index contributed by atoms with van der Waals surface area (Å²) in [4.78, 5) is 11.6. The van der Waals surface area contributed by atoms with Crippen LogP contribution in [0.4, 0.5) is 0 Å². The van der Waals surface area contributed by atoms with E-state index in [1.165, 1.54) is 0 Å². The van der Waals surface area contributed by atoms with E-state index in [4.69, 9.17) is 14.2 Å². The first-order valence-electron chi connectivity index (χ1n) is 5.75. The van der Waals surface area contributed by atoms with Crippen molar-refractivity contribution in [2.24, 2.45) is 0 Å². The van der Waals surface area contributed by atoms with Crippen molar-refractivity contribution < 1.29 is 19.0 Å². The van der Waals surface area contributed by atoms with Crippen LogP contribution in [0.25, 0.3) is 0 Å². The molecule has 0 aromatic rings. The second kappa shape index (κ2) is 7.60. The molecule has 1 N–H and O–H groups in total. The molecule has 1 amide bonds. The summed E-state index contributed by atoms with van der Waals surface area (Å²) in [6.07, 6.45) is 1.17. The summed E-state index contributed by atoms with van der Waals surface area (Å²) < 4.78 is 15.7. The van der Waals surface area contributed by atoms with Gasteiger partial charge in [-0.1, -0.05) is 0 Å². The van der Waals surface area contributed by atoms with E-state index in [1.54, 1.807) is 7.11 Å². The highest BCUT2D eigenvalue weighted by Crippen LogP contribution is 2.10. The van der Waals surface area contributed by atoms with E-state index in [0.717, 1.165) is 6.42 Å². The molecule has 0 spiro atoms. The maximum atomic E-state index is 11.6. The number of carbonyl (C=O) groups excluding carboxylic acids is 1. The van der Waals surface area contributed by atoms with Crippen LogP contribution in [0.3, 0.4) is 0 Å². The molecule has 1 aliphatic heterocycles. The molecule has 0 bridgehead atoms. The summed E-state index contributed by atoms with van der Waals surface area (Å²) in [6, 6.07) is 0.0628. The number of ether oxygens (including phenoxy) is 3. The summed E-state index contributed by atoms with van der Waals surface area (Å²) in [5, 5.41) is 2.95. The normalized spacial score (nSPS) is 25.4. The largest absolute Gasteiger partial charge is 0.381 e. The Morgan fingerprint density at radius 2 is 2.38 bits per heavy atom. The highest BCUT2D eigenvalue weighted by Gasteiger charge is 2.26. The number of rotatable bonds is 6. The molecule has 1 aliphatic rings. The Morgan fingerprint density at radius 3 is 3.06 bits per heavy atom. The minimum atomic E-state index is -0.0372. The van der Waals surface area contributed by atoms with Gasteiger partial charge in [0, 0.05) is 26.7 Å². The van der Waals surface area contributed by atoms with Crippen LogP contribution in [-0.2, 0) is 19.0 Å². The third-order valence-corrected chi connectivity index (χ3v) is 2.63. The monoisotopic (exact) mass is 231 g/mol. The van der Waals surface area contributed by atoms with Crippen LogP contribution in [0.2, 0.25) is 0 Å². The zero-order valence-corrected chi connectivity index (χ0v) is 10.0. The van der Waals surface area contributed by atoms with Crippen LogP contribution in [0.15, 0.2) is 0 Å². The molecule has 5 nitrogen and oxygen atoms in total. The Kier molecular flexibility index (Phi) is 6.37. The average molecular weight is 231 g/mol. The lowest BCUT2D eigenvalue weighted by Gasteiger charge is -2.31. The molecule has 0 unspecified atom stereocenters. The predicted octanol–water partition coefficient (Wildman–Crippen LogP) is 0.333. The molecule has 1 rings (SSSR count). The molecule has 1 heterocycles. The minimum absolute atomic E-state index is 0.0161. The Labute approximate surface area is 96.4 Å². The molecule has 0 radical (unpaired) electrons. The van der Waals surface area contributed by atoms with Gasteiger partial charge in [-0.05, 0) is 13.3 Å². The second-order valence-corrected chi connectivity index (χ2v) is 3.76. The van der Waals surface area contributed by atoms with Gasteiger partial charge in [-0.25, -0.2) is 0 Å². The zero-order valence-electron chi connectivity index (χ0n) is 10.0. The Bertz CT molecular complexity index is 210. The molecule has 1 fully saturated rings. The van der Waals surface area contributed by atoms with Crippen molar-refractivity contribution in [3.8, 4) is 0 Å². The molecule has 0 aliphatic carbocycles. The van der Waals surface area contributed by atoms with E-state index >= 15 is 0 Å². The van der Waals surface area contributed by atoms with Crippen molar-refractivity contribution >= 4 is 5.91 Å². The Morgan fingerprint density at radius 1 is 1.56 bits per heavy atom. The van der Waals surface area contributed by atoms with E-state index in [9.17, 15) is 4.79 Å². The zero-order chi connectivity index (χ0) is 11.8. The number of amides is 1. The van der Waals surface area contributed by atoms with Gasteiger partial charge < -0.3 is 19.5 Å². The smallest absolute Gasteiger partial charge is 0.222 e. The number of methoxy groups -OCH3 is 1. The average Bonchev–Trinajstić information content (AvgIpc) is 2.30. The van der Waals surface area contributed by atoms with Gasteiger partial charge in [-0.15, -0.1) is 0 Å². The fraction of sp³-hybridized carbons (Fsp3) is 0.909. The molecule has 5 heteroatoms. The number of hydrogen-bond acceptors (Lipinski definition) is 4. The lowest BCUT2D eigenvalue weighted by atomic mass is 10.1. The van der Waals surface area contributed by atoms with Crippen LogP contribution in [-0.4, -0.2) is 51.6 Å². The highest BCUT2D eigenvalue weighted by molar-refractivity contribution is 5.76. The van der Waals surface area contributed by atoms with Gasteiger partial charge in [0.25, 0.3) is 0 Å². The quantitative estimate of drug-likeness (QED) is 0.669. The van der Waals surface area contributed by atoms with Crippen LogP contribution in [0, 0.1) is 0 Å². The fourth-order valence-corrected chi connectivity index (χ4v) is 1.70. The van der Waals surface area contributed by atoms with E-state index in [1.807, 2.05) is 6.92 Å². The second-order valence-electron chi connectivity index (χ2n) is 3.76. The summed E-state index contributed by atoms with van der Waals surface area (Å²) >= 11 is 0.